The van der Waals surface area contributed by atoms with E-state index in [1.54, 1.807) is 11.3 Å². The smallest absolute Gasteiger partial charge is 0.188 e. The summed E-state index contributed by atoms with van der Waals surface area (Å²) in [5, 5.41) is 6.72. The summed E-state index contributed by atoms with van der Waals surface area (Å²) in [4.78, 5) is 11.6. The van der Waals surface area contributed by atoms with Gasteiger partial charge in [0, 0.05) is 24.5 Å². The highest BCUT2D eigenvalue weighted by molar-refractivity contribution is 14.0. The maximum absolute atomic E-state index is 6.02. The zero-order valence-electron chi connectivity index (χ0n) is 14.5. The Morgan fingerprint density at radius 1 is 1.33 bits per heavy atom. The fraction of sp³-hybridized carbons (Fsp3) is 0.765. The zero-order valence-corrected chi connectivity index (χ0v) is 17.7. The molecule has 136 valence electrons. The number of nitrogens with one attached hydrogen (secondary N) is 1. The maximum Gasteiger partial charge on any atom is 0.188 e. The number of nitrogens with zero attached hydrogens (tertiary/aromatic N) is 3. The van der Waals surface area contributed by atoms with Gasteiger partial charge in [0.25, 0.3) is 0 Å². The van der Waals surface area contributed by atoms with Crippen molar-refractivity contribution in [2.24, 2.45) is 16.6 Å². The summed E-state index contributed by atoms with van der Waals surface area (Å²) < 4.78 is 0. The first-order chi connectivity index (χ1) is 11.2. The number of aryl methyl sites for hydroxylation is 1. The molecule has 0 atom stereocenters. The molecule has 2 aliphatic rings. The number of guanidine groups is 1. The molecule has 1 aromatic rings. The highest BCUT2D eigenvalue weighted by Gasteiger charge is 2.20. The van der Waals surface area contributed by atoms with Crippen LogP contribution in [0, 0.1) is 12.8 Å². The molecule has 1 aliphatic carbocycles. The molecule has 3 rings (SSSR count). The number of aliphatic imine (C=N–C) groups is 1. The molecule has 3 N–H and O–H groups in total. The Labute approximate surface area is 166 Å². The van der Waals surface area contributed by atoms with Gasteiger partial charge < -0.3 is 11.1 Å². The van der Waals surface area contributed by atoms with Crippen LogP contribution in [-0.4, -0.2) is 41.5 Å². The second kappa shape index (κ2) is 9.91. The van der Waals surface area contributed by atoms with Gasteiger partial charge in [0.2, 0.25) is 0 Å². The molecule has 1 saturated carbocycles. The van der Waals surface area contributed by atoms with Crippen LogP contribution < -0.4 is 11.1 Å². The monoisotopic (exact) mass is 463 g/mol. The van der Waals surface area contributed by atoms with Gasteiger partial charge in [-0.3, -0.25) is 9.89 Å². The van der Waals surface area contributed by atoms with Gasteiger partial charge in [0.1, 0.15) is 0 Å². The molecule has 1 aliphatic heterocycles. The Kier molecular flexibility index (Phi) is 8.22. The molecule has 0 unspecified atom stereocenters. The van der Waals surface area contributed by atoms with E-state index in [2.05, 4.69) is 32.5 Å². The summed E-state index contributed by atoms with van der Waals surface area (Å²) >= 11 is 1.74. The molecule has 0 amide bonds. The summed E-state index contributed by atoms with van der Waals surface area (Å²) in [6.07, 6.45) is 7.55. The van der Waals surface area contributed by atoms with E-state index < -0.39 is 0 Å². The van der Waals surface area contributed by atoms with Crippen molar-refractivity contribution >= 4 is 41.3 Å². The number of hydrogen-bond acceptors (Lipinski definition) is 4. The molecule has 0 bridgehead atoms. The van der Waals surface area contributed by atoms with Crippen LogP contribution >= 0.6 is 35.3 Å². The normalized spacial score (nSPS) is 21.0. The van der Waals surface area contributed by atoms with Crippen molar-refractivity contribution in [3.8, 4) is 0 Å². The molecular formula is C17H30IN5S. The number of halogens is 1. The number of piperidine rings is 1. The van der Waals surface area contributed by atoms with Gasteiger partial charge in [-0.05, 0) is 51.6 Å². The Balaban J connectivity index is 0.00000208. The van der Waals surface area contributed by atoms with E-state index in [1.807, 2.05) is 0 Å². The second-order valence-corrected chi connectivity index (χ2v) is 7.99. The van der Waals surface area contributed by atoms with Gasteiger partial charge >= 0.3 is 0 Å². The predicted octanol–water partition coefficient (Wildman–Crippen LogP) is 3.13. The maximum atomic E-state index is 6.02. The lowest BCUT2D eigenvalue weighted by Gasteiger charge is -2.30. The van der Waals surface area contributed by atoms with Crippen molar-refractivity contribution in [1.82, 2.24) is 15.2 Å². The molecule has 2 heterocycles. The number of nitrogens with two attached hydrogens (primary N) is 1. The fourth-order valence-corrected chi connectivity index (χ4v) is 4.19. The molecule has 5 nitrogen and oxygen atoms in total. The molecule has 0 aromatic carbocycles. The third-order valence-electron chi connectivity index (χ3n) is 4.99. The summed E-state index contributed by atoms with van der Waals surface area (Å²) in [7, 11) is 0. The van der Waals surface area contributed by atoms with Crippen molar-refractivity contribution in [3.05, 3.63) is 16.1 Å². The minimum absolute atomic E-state index is 0. The highest BCUT2D eigenvalue weighted by atomic mass is 127. The summed E-state index contributed by atoms with van der Waals surface area (Å²) in [6.45, 7) is 6.22. The third-order valence-corrected chi connectivity index (χ3v) is 5.81. The minimum Gasteiger partial charge on any atom is -0.370 e. The van der Waals surface area contributed by atoms with E-state index in [-0.39, 0.29) is 24.0 Å². The average molecular weight is 463 g/mol. The van der Waals surface area contributed by atoms with Crippen LogP contribution in [0.15, 0.2) is 10.4 Å². The van der Waals surface area contributed by atoms with Crippen LogP contribution in [0.4, 0.5) is 0 Å². The Morgan fingerprint density at radius 2 is 2.04 bits per heavy atom. The van der Waals surface area contributed by atoms with Crippen molar-refractivity contribution in [3.63, 3.8) is 0 Å². The minimum atomic E-state index is 0. The van der Waals surface area contributed by atoms with Crippen molar-refractivity contribution < 1.29 is 0 Å². The molecular weight excluding hydrogens is 433 g/mol. The number of rotatable bonds is 5. The Hall–Kier alpha value is -0.410. The zero-order chi connectivity index (χ0) is 16.1. The molecule has 2 fully saturated rings. The van der Waals surface area contributed by atoms with Crippen LogP contribution in [0.5, 0.6) is 0 Å². The quantitative estimate of drug-likeness (QED) is 0.400. The first-order valence-corrected chi connectivity index (χ1v) is 9.77. The Morgan fingerprint density at radius 3 is 2.67 bits per heavy atom. The first kappa shape index (κ1) is 19.9. The van der Waals surface area contributed by atoms with Gasteiger partial charge in [-0.2, -0.15) is 0 Å². The van der Waals surface area contributed by atoms with Gasteiger partial charge in [0.15, 0.2) is 5.96 Å². The molecule has 0 spiro atoms. The molecule has 24 heavy (non-hydrogen) atoms. The van der Waals surface area contributed by atoms with Crippen molar-refractivity contribution in [1.29, 1.82) is 0 Å². The third kappa shape index (κ3) is 6.15. The Bertz CT molecular complexity index is 519. The number of likely N-dealkylation sites (tertiary alicyclic amines) is 1. The number of thiazole rings is 1. The van der Waals surface area contributed by atoms with Gasteiger partial charge in [-0.1, -0.05) is 12.8 Å². The van der Waals surface area contributed by atoms with Gasteiger partial charge in [0.05, 0.1) is 10.7 Å². The van der Waals surface area contributed by atoms with Crippen LogP contribution in [0.25, 0.3) is 0 Å². The summed E-state index contributed by atoms with van der Waals surface area (Å²) in [5.74, 6) is 1.32. The molecule has 0 radical (unpaired) electrons. The van der Waals surface area contributed by atoms with Crippen LogP contribution in [-0.2, 0) is 6.54 Å². The molecule has 1 saturated heterocycles. The van der Waals surface area contributed by atoms with Crippen molar-refractivity contribution in [2.75, 3.05) is 19.6 Å². The topological polar surface area (TPSA) is 66.5 Å². The average Bonchev–Trinajstić information content (AvgIpc) is 3.18. The lowest BCUT2D eigenvalue weighted by molar-refractivity contribution is 0.179. The number of aromatic nitrogens is 1. The van der Waals surface area contributed by atoms with E-state index in [4.69, 9.17) is 5.73 Å². The molecule has 1 aromatic heterocycles. The van der Waals surface area contributed by atoms with Gasteiger partial charge in [-0.15, -0.1) is 35.3 Å². The highest BCUT2D eigenvalue weighted by Crippen LogP contribution is 2.20. The predicted molar refractivity (Wildman–Crippen MR) is 112 cm³/mol. The lowest BCUT2D eigenvalue weighted by Crippen LogP contribution is -2.39. The van der Waals surface area contributed by atoms with Crippen LogP contribution in [0.2, 0.25) is 0 Å². The van der Waals surface area contributed by atoms with Crippen LogP contribution in [0.3, 0.4) is 0 Å². The van der Waals surface area contributed by atoms with E-state index in [0.717, 1.165) is 31.2 Å². The summed E-state index contributed by atoms with van der Waals surface area (Å²) in [6, 6.07) is 0.558. The van der Waals surface area contributed by atoms with Crippen LogP contribution in [0.1, 0.15) is 49.2 Å². The second-order valence-electron chi connectivity index (χ2n) is 6.93. The first-order valence-electron chi connectivity index (χ1n) is 8.89. The van der Waals surface area contributed by atoms with E-state index in [0.29, 0.717) is 17.9 Å². The lowest BCUT2D eigenvalue weighted by atomic mass is 9.97. The SMILES string of the molecule is Cc1nc(CN2CCC(CN=C(N)NC3CCCC3)CC2)cs1.I. The number of hydrogen-bond donors (Lipinski definition) is 2. The summed E-state index contributed by atoms with van der Waals surface area (Å²) in [5.41, 5.74) is 7.24. The van der Waals surface area contributed by atoms with Gasteiger partial charge in [-0.25, -0.2) is 4.98 Å². The fourth-order valence-electron chi connectivity index (χ4n) is 3.59. The van der Waals surface area contributed by atoms with Crippen molar-refractivity contribution in [2.45, 2.75) is 58.0 Å². The molecule has 7 heteroatoms. The largest absolute Gasteiger partial charge is 0.370 e. The van der Waals surface area contributed by atoms with E-state index in [1.165, 1.54) is 44.2 Å². The standard InChI is InChI=1S/C17H29N5S.HI/c1-13-20-16(12-23-13)11-22-8-6-14(7-9-22)10-19-17(18)21-15-4-2-3-5-15;/h12,14-15H,2-11H2,1H3,(H3,18,19,21);1H. The van der Waals surface area contributed by atoms with E-state index >= 15 is 0 Å². The van der Waals surface area contributed by atoms with E-state index in [9.17, 15) is 0 Å².